The number of halogens is 7. The fourth-order valence-corrected chi connectivity index (χ4v) is 4.87. The predicted molar refractivity (Wildman–Crippen MR) is 146 cm³/mol. The van der Waals surface area contributed by atoms with Gasteiger partial charge in [-0.3, -0.25) is 9.69 Å². The Labute approximate surface area is 247 Å². The summed E-state index contributed by atoms with van der Waals surface area (Å²) in [6, 6.07) is 10.2. The standard InChI is InChI=1S/C27H17F7N6O3S/c1-14-2-4-16(26(29,30)31)11-21(14)40-22(41)12-44-25(40)37-24(42)36-20-9-3-15(10-19(20)28)23-35-13-39(38-23)17-5-7-18(8-6-17)43-27(32,33)34/h2-11,13H,12H2,1H3,(H,36,42)/b37-25-. The molecule has 1 saturated heterocycles. The molecule has 1 N–H and O–H groups in total. The van der Waals surface area contributed by atoms with Crippen molar-refractivity contribution >= 4 is 40.2 Å². The Balaban J connectivity index is 1.31. The number of nitrogens with zero attached hydrogens (tertiary/aromatic N) is 5. The summed E-state index contributed by atoms with van der Waals surface area (Å²) >= 11 is 0.837. The van der Waals surface area contributed by atoms with E-state index in [-0.39, 0.29) is 33.7 Å². The van der Waals surface area contributed by atoms with Gasteiger partial charge in [-0.25, -0.2) is 18.9 Å². The van der Waals surface area contributed by atoms with E-state index in [1.165, 1.54) is 48.3 Å². The number of amides is 3. The molecular formula is C27H17F7N6O3S. The van der Waals surface area contributed by atoms with Gasteiger partial charge in [0.15, 0.2) is 11.0 Å². The third kappa shape index (κ3) is 6.82. The molecule has 1 fully saturated rings. The second-order valence-corrected chi connectivity index (χ2v) is 10.0. The van der Waals surface area contributed by atoms with Gasteiger partial charge in [-0.1, -0.05) is 17.8 Å². The van der Waals surface area contributed by atoms with Gasteiger partial charge >= 0.3 is 18.6 Å². The summed E-state index contributed by atoms with van der Waals surface area (Å²) in [7, 11) is 0. The third-order valence-corrected chi connectivity index (χ3v) is 6.96. The molecule has 0 bridgehead atoms. The third-order valence-electron chi connectivity index (χ3n) is 6.04. The minimum atomic E-state index is -4.84. The van der Waals surface area contributed by atoms with Gasteiger partial charge in [-0.15, -0.1) is 18.3 Å². The van der Waals surface area contributed by atoms with Crippen LogP contribution in [0.25, 0.3) is 17.1 Å². The number of amidine groups is 1. The van der Waals surface area contributed by atoms with Crippen LogP contribution in [-0.2, 0) is 11.0 Å². The molecule has 4 aromatic rings. The van der Waals surface area contributed by atoms with Crippen molar-refractivity contribution in [2.45, 2.75) is 19.5 Å². The lowest BCUT2D eigenvalue weighted by Gasteiger charge is -2.20. The topological polar surface area (TPSA) is 102 Å². The molecule has 228 valence electrons. The number of carbonyl (C=O) groups excluding carboxylic acids is 2. The van der Waals surface area contributed by atoms with Crippen LogP contribution in [0.3, 0.4) is 0 Å². The average molecular weight is 639 g/mol. The molecule has 3 aromatic carbocycles. The summed E-state index contributed by atoms with van der Waals surface area (Å²) < 4.78 is 96.9. The number of benzene rings is 3. The molecule has 17 heteroatoms. The summed E-state index contributed by atoms with van der Waals surface area (Å²) in [5, 5.41) is 6.24. The van der Waals surface area contributed by atoms with Gasteiger partial charge in [0.2, 0.25) is 5.91 Å². The lowest BCUT2D eigenvalue weighted by Crippen LogP contribution is -2.31. The minimum Gasteiger partial charge on any atom is -0.406 e. The molecule has 1 aliphatic heterocycles. The van der Waals surface area contributed by atoms with Gasteiger partial charge in [-0.2, -0.15) is 18.2 Å². The molecule has 2 heterocycles. The molecule has 0 saturated carbocycles. The zero-order valence-corrected chi connectivity index (χ0v) is 22.9. The Morgan fingerprint density at radius 3 is 2.41 bits per heavy atom. The molecule has 0 aliphatic carbocycles. The van der Waals surface area contributed by atoms with E-state index in [0.29, 0.717) is 11.3 Å². The van der Waals surface area contributed by atoms with Crippen molar-refractivity contribution in [1.82, 2.24) is 14.8 Å². The van der Waals surface area contributed by atoms with E-state index in [2.05, 4.69) is 25.1 Å². The number of rotatable bonds is 5. The highest BCUT2D eigenvalue weighted by Crippen LogP contribution is 2.36. The number of hydrogen-bond acceptors (Lipinski definition) is 6. The summed E-state index contributed by atoms with van der Waals surface area (Å²) in [6.07, 6.45) is -8.24. The first kappa shape index (κ1) is 30.5. The van der Waals surface area contributed by atoms with Crippen molar-refractivity contribution in [2.24, 2.45) is 4.99 Å². The molecule has 0 spiro atoms. The smallest absolute Gasteiger partial charge is 0.406 e. The van der Waals surface area contributed by atoms with Crippen LogP contribution in [0.1, 0.15) is 11.1 Å². The molecule has 1 aromatic heterocycles. The fourth-order valence-electron chi connectivity index (χ4n) is 4.01. The predicted octanol–water partition coefficient (Wildman–Crippen LogP) is 6.97. The van der Waals surface area contributed by atoms with Crippen LogP contribution in [0.2, 0.25) is 0 Å². The zero-order valence-electron chi connectivity index (χ0n) is 22.1. The van der Waals surface area contributed by atoms with E-state index in [0.717, 1.165) is 47.0 Å². The molecule has 0 radical (unpaired) electrons. The Hall–Kier alpha value is -4.93. The lowest BCUT2D eigenvalue weighted by atomic mass is 10.1. The quantitative estimate of drug-likeness (QED) is 0.237. The molecule has 44 heavy (non-hydrogen) atoms. The molecule has 1 aliphatic rings. The van der Waals surface area contributed by atoms with E-state index in [4.69, 9.17) is 0 Å². The highest BCUT2D eigenvalue weighted by Gasteiger charge is 2.35. The van der Waals surface area contributed by atoms with Gasteiger partial charge < -0.3 is 10.1 Å². The minimum absolute atomic E-state index is 0.0607. The van der Waals surface area contributed by atoms with Crippen molar-refractivity contribution in [3.05, 3.63) is 83.9 Å². The van der Waals surface area contributed by atoms with Crippen LogP contribution in [0.15, 0.2) is 72.0 Å². The Morgan fingerprint density at radius 2 is 1.75 bits per heavy atom. The van der Waals surface area contributed by atoms with Gasteiger partial charge in [-0.05, 0) is 67.1 Å². The number of alkyl halides is 6. The summed E-state index contributed by atoms with van der Waals surface area (Å²) in [6.45, 7) is 1.50. The number of thioether (sulfide) groups is 1. The fraction of sp³-hybridized carbons (Fsp3) is 0.148. The molecular weight excluding hydrogens is 621 g/mol. The summed E-state index contributed by atoms with van der Waals surface area (Å²) in [5.41, 5.74) is -0.480. The van der Waals surface area contributed by atoms with E-state index in [9.17, 15) is 40.3 Å². The number of aryl methyl sites for hydroxylation is 1. The maximum absolute atomic E-state index is 14.9. The number of aliphatic imine (C=N–C) groups is 1. The molecule has 0 unspecified atom stereocenters. The molecule has 5 rings (SSSR count). The van der Waals surface area contributed by atoms with Gasteiger partial charge in [0, 0.05) is 5.56 Å². The van der Waals surface area contributed by atoms with Crippen molar-refractivity contribution in [3.63, 3.8) is 0 Å². The Morgan fingerprint density at radius 1 is 1.02 bits per heavy atom. The van der Waals surface area contributed by atoms with Crippen LogP contribution < -0.4 is 15.0 Å². The first-order valence-electron chi connectivity index (χ1n) is 12.3. The van der Waals surface area contributed by atoms with Crippen molar-refractivity contribution in [3.8, 4) is 22.8 Å². The number of aromatic nitrogens is 3. The van der Waals surface area contributed by atoms with Gasteiger partial charge in [0.25, 0.3) is 0 Å². The monoisotopic (exact) mass is 638 g/mol. The number of anilines is 2. The van der Waals surface area contributed by atoms with E-state index < -0.39 is 41.6 Å². The highest BCUT2D eigenvalue weighted by molar-refractivity contribution is 8.15. The van der Waals surface area contributed by atoms with Crippen LogP contribution in [0, 0.1) is 12.7 Å². The maximum atomic E-state index is 14.9. The summed E-state index contributed by atoms with van der Waals surface area (Å²) in [4.78, 5) is 33.9. The maximum Gasteiger partial charge on any atom is 0.573 e. The number of nitrogens with one attached hydrogen (secondary N) is 1. The largest absolute Gasteiger partial charge is 0.573 e. The van der Waals surface area contributed by atoms with E-state index in [1.807, 2.05) is 0 Å². The molecule has 3 amide bonds. The first-order valence-corrected chi connectivity index (χ1v) is 13.3. The van der Waals surface area contributed by atoms with Crippen molar-refractivity contribution in [2.75, 3.05) is 16.0 Å². The highest BCUT2D eigenvalue weighted by atomic mass is 32.2. The van der Waals surface area contributed by atoms with E-state index >= 15 is 0 Å². The summed E-state index contributed by atoms with van der Waals surface area (Å²) in [5.74, 6) is -2.02. The molecule has 9 nitrogen and oxygen atoms in total. The lowest BCUT2D eigenvalue weighted by molar-refractivity contribution is -0.274. The number of ether oxygens (including phenoxy) is 1. The first-order chi connectivity index (χ1) is 20.7. The van der Waals surface area contributed by atoms with Crippen LogP contribution in [0.4, 0.5) is 46.9 Å². The Bertz CT molecular complexity index is 1770. The number of hydrogen-bond donors (Lipinski definition) is 1. The normalized spacial score (nSPS) is 14.8. The number of urea groups is 1. The van der Waals surface area contributed by atoms with Gasteiger partial charge in [0.05, 0.1) is 28.4 Å². The zero-order chi connectivity index (χ0) is 31.8. The molecule has 0 atom stereocenters. The van der Waals surface area contributed by atoms with Crippen molar-refractivity contribution in [1.29, 1.82) is 0 Å². The van der Waals surface area contributed by atoms with Crippen LogP contribution in [-0.4, -0.2) is 44.0 Å². The van der Waals surface area contributed by atoms with Crippen LogP contribution >= 0.6 is 11.8 Å². The van der Waals surface area contributed by atoms with E-state index in [1.54, 1.807) is 0 Å². The second-order valence-electron chi connectivity index (χ2n) is 9.09. The van der Waals surface area contributed by atoms with Crippen LogP contribution in [0.5, 0.6) is 5.75 Å². The number of carbonyl (C=O) groups is 2. The average Bonchev–Trinajstić information content (AvgIpc) is 3.56. The SMILES string of the molecule is Cc1ccc(C(F)(F)F)cc1N1C(=O)CS/C1=N\C(=O)Nc1ccc(-c2ncn(-c3ccc(OC(F)(F)F)cc3)n2)cc1F. The second kappa shape index (κ2) is 11.6. The van der Waals surface area contributed by atoms with Gasteiger partial charge in [0.1, 0.15) is 17.9 Å². The Kier molecular flexibility index (Phi) is 8.07. The van der Waals surface area contributed by atoms with Crippen molar-refractivity contribution < 1.29 is 45.1 Å².